The van der Waals surface area contributed by atoms with Crippen molar-refractivity contribution in [1.29, 1.82) is 0 Å². The molecule has 2 rings (SSSR count). The summed E-state index contributed by atoms with van der Waals surface area (Å²) in [5.74, 6) is 0. The monoisotopic (exact) mass is 286 g/mol. The Labute approximate surface area is 119 Å². The highest BCUT2D eigenvalue weighted by Gasteiger charge is 2.20. The van der Waals surface area contributed by atoms with Crippen molar-refractivity contribution in [3.8, 4) is 0 Å². The summed E-state index contributed by atoms with van der Waals surface area (Å²) in [6, 6.07) is 0. The van der Waals surface area contributed by atoms with Gasteiger partial charge in [0.05, 0.1) is 23.0 Å². The molecule has 0 unspecified atom stereocenters. The maximum Gasteiger partial charge on any atom is 0.0863 e. The first-order valence-electron chi connectivity index (χ1n) is 6.91. The van der Waals surface area contributed by atoms with Crippen LogP contribution in [-0.4, -0.2) is 64.0 Å². The lowest BCUT2D eigenvalue weighted by Gasteiger charge is -2.34. The number of hydrogen-bond acceptors (Lipinski definition) is 4. The second kappa shape index (κ2) is 6.70. The number of hydrogen-bond donors (Lipinski definition) is 1. The number of aromatic nitrogens is 2. The zero-order valence-corrected chi connectivity index (χ0v) is 12.5. The molecular formula is C13H23ClN4O. The number of nitrogens with zero attached hydrogens (tertiary/aromatic N) is 4. The van der Waals surface area contributed by atoms with Crippen LogP contribution in [0.1, 0.15) is 18.3 Å². The third-order valence-electron chi connectivity index (χ3n) is 3.76. The van der Waals surface area contributed by atoms with Crippen LogP contribution in [0.4, 0.5) is 0 Å². The van der Waals surface area contributed by atoms with Crippen molar-refractivity contribution < 1.29 is 5.11 Å². The summed E-state index contributed by atoms with van der Waals surface area (Å²) < 4.78 is 1.90. The van der Waals surface area contributed by atoms with Gasteiger partial charge in [0.15, 0.2) is 0 Å². The molecule has 0 aromatic carbocycles. The Morgan fingerprint density at radius 3 is 2.37 bits per heavy atom. The highest BCUT2D eigenvalue weighted by molar-refractivity contribution is 6.31. The Hall–Kier alpha value is -0.620. The molecule has 2 heterocycles. The van der Waals surface area contributed by atoms with E-state index in [0.717, 1.165) is 62.1 Å². The van der Waals surface area contributed by atoms with Crippen molar-refractivity contribution in [2.24, 2.45) is 7.05 Å². The molecule has 6 heteroatoms. The maximum absolute atomic E-state index is 8.94. The van der Waals surface area contributed by atoms with Gasteiger partial charge >= 0.3 is 0 Å². The summed E-state index contributed by atoms with van der Waals surface area (Å²) in [4.78, 5) is 4.69. The molecule has 108 valence electrons. The summed E-state index contributed by atoms with van der Waals surface area (Å²) in [7, 11) is 1.96. The van der Waals surface area contributed by atoms with Crippen LogP contribution in [0, 0.1) is 0 Å². The Bertz CT molecular complexity index is 413. The van der Waals surface area contributed by atoms with E-state index in [2.05, 4.69) is 21.8 Å². The zero-order valence-electron chi connectivity index (χ0n) is 11.8. The Balaban J connectivity index is 1.94. The van der Waals surface area contributed by atoms with Crippen molar-refractivity contribution in [2.45, 2.75) is 19.9 Å². The molecule has 1 aliphatic rings. The summed E-state index contributed by atoms with van der Waals surface area (Å²) in [6.45, 7) is 8.01. The SMILES string of the molecule is CCc1nn(C)c(CN2CCN(CCO)CC2)c1Cl. The van der Waals surface area contributed by atoms with E-state index in [1.54, 1.807) is 0 Å². The zero-order chi connectivity index (χ0) is 13.8. The van der Waals surface area contributed by atoms with Crippen LogP contribution in [0.15, 0.2) is 0 Å². The smallest absolute Gasteiger partial charge is 0.0863 e. The molecule has 0 bridgehead atoms. The first-order valence-corrected chi connectivity index (χ1v) is 7.29. The van der Waals surface area contributed by atoms with Gasteiger partial charge in [0.25, 0.3) is 0 Å². The molecule has 1 aromatic heterocycles. The molecule has 1 aromatic rings. The Kier molecular flexibility index (Phi) is 5.21. The second-order valence-corrected chi connectivity index (χ2v) is 5.40. The van der Waals surface area contributed by atoms with Crippen molar-refractivity contribution in [1.82, 2.24) is 19.6 Å². The minimum atomic E-state index is 0.243. The van der Waals surface area contributed by atoms with E-state index in [4.69, 9.17) is 16.7 Å². The molecule has 0 saturated carbocycles. The number of rotatable bonds is 5. The lowest BCUT2D eigenvalue weighted by molar-refractivity contribution is 0.107. The van der Waals surface area contributed by atoms with Gasteiger partial charge in [0.2, 0.25) is 0 Å². The highest BCUT2D eigenvalue weighted by atomic mass is 35.5. The molecule has 1 N–H and O–H groups in total. The third-order valence-corrected chi connectivity index (χ3v) is 4.19. The van der Waals surface area contributed by atoms with Crippen molar-refractivity contribution in [3.63, 3.8) is 0 Å². The first kappa shape index (κ1) is 14.8. The molecule has 19 heavy (non-hydrogen) atoms. The third kappa shape index (κ3) is 3.48. The average molecular weight is 287 g/mol. The van der Waals surface area contributed by atoms with Crippen LogP contribution in [0.3, 0.4) is 0 Å². The average Bonchev–Trinajstić information content (AvgIpc) is 2.68. The van der Waals surface area contributed by atoms with E-state index in [1.807, 2.05) is 11.7 Å². The Morgan fingerprint density at radius 2 is 1.84 bits per heavy atom. The lowest BCUT2D eigenvalue weighted by atomic mass is 10.2. The number of aliphatic hydroxyl groups is 1. The normalized spacial score (nSPS) is 18.1. The van der Waals surface area contributed by atoms with Gasteiger partial charge in [-0.1, -0.05) is 18.5 Å². The second-order valence-electron chi connectivity index (χ2n) is 5.03. The van der Waals surface area contributed by atoms with Gasteiger partial charge in [-0.25, -0.2) is 0 Å². The number of aryl methyl sites for hydroxylation is 2. The van der Waals surface area contributed by atoms with Crippen LogP contribution < -0.4 is 0 Å². The molecule has 0 spiro atoms. The molecular weight excluding hydrogens is 264 g/mol. The minimum Gasteiger partial charge on any atom is -0.395 e. The summed E-state index contributed by atoms with van der Waals surface area (Å²) >= 11 is 6.37. The first-order chi connectivity index (χ1) is 9.15. The molecule has 0 radical (unpaired) electrons. The number of piperazine rings is 1. The van der Waals surface area contributed by atoms with Gasteiger partial charge in [-0.3, -0.25) is 14.5 Å². The molecule has 1 saturated heterocycles. The van der Waals surface area contributed by atoms with Gasteiger partial charge in [-0.2, -0.15) is 5.10 Å². The van der Waals surface area contributed by atoms with Gasteiger partial charge in [0, 0.05) is 46.3 Å². The largest absolute Gasteiger partial charge is 0.395 e. The van der Waals surface area contributed by atoms with E-state index >= 15 is 0 Å². The molecule has 1 fully saturated rings. The topological polar surface area (TPSA) is 44.5 Å². The lowest BCUT2D eigenvalue weighted by Crippen LogP contribution is -2.46. The van der Waals surface area contributed by atoms with E-state index in [-0.39, 0.29) is 6.61 Å². The van der Waals surface area contributed by atoms with Crippen LogP contribution in [0.5, 0.6) is 0 Å². The van der Waals surface area contributed by atoms with E-state index < -0.39 is 0 Å². The summed E-state index contributed by atoms with van der Waals surface area (Å²) in [5.41, 5.74) is 2.09. The molecule has 0 amide bonds. The Morgan fingerprint density at radius 1 is 1.21 bits per heavy atom. The fourth-order valence-corrected chi connectivity index (χ4v) is 2.87. The number of aliphatic hydroxyl groups excluding tert-OH is 1. The number of β-amino-alcohol motifs (C(OH)–C–C–N with tert-alkyl or cyclic N) is 1. The van der Waals surface area contributed by atoms with Crippen LogP contribution >= 0.6 is 11.6 Å². The molecule has 0 atom stereocenters. The quantitative estimate of drug-likeness (QED) is 0.867. The van der Waals surface area contributed by atoms with Crippen LogP contribution in [0.2, 0.25) is 5.02 Å². The predicted octanol–water partition coefficient (Wildman–Crippen LogP) is 0.746. The fourth-order valence-electron chi connectivity index (χ4n) is 2.52. The van der Waals surface area contributed by atoms with E-state index in [9.17, 15) is 0 Å². The van der Waals surface area contributed by atoms with Gasteiger partial charge in [-0.05, 0) is 6.42 Å². The highest BCUT2D eigenvalue weighted by Crippen LogP contribution is 2.22. The van der Waals surface area contributed by atoms with Gasteiger partial charge in [-0.15, -0.1) is 0 Å². The predicted molar refractivity (Wildman–Crippen MR) is 76.4 cm³/mol. The van der Waals surface area contributed by atoms with Gasteiger partial charge in [0.1, 0.15) is 0 Å². The molecule has 0 aliphatic carbocycles. The maximum atomic E-state index is 8.94. The summed E-state index contributed by atoms with van der Waals surface area (Å²) in [5, 5.41) is 14.2. The standard InChI is InChI=1S/C13H23ClN4O/c1-3-11-13(14)12(16(2)15-11)10-18-6-4-17(5-7-18)8-9-19/h19H,3-10H2,1-2H3. The molecule has 5 nitrogen and oxygen atoms in total. The molecule has 1 aliphatic heterocycles. The summed E-state index contributed by atoms with van der Waals surface area (Å²) in [6.07, 6.45) is 0.872. The van der Waals surface area contributed by atoms with Crippen molar-refractivity contribution >= 4 is 11.6 Å². The van der Waals surface area contributed by atoms with Gasteiger partial charge < -0.3 is 5.11 Å². The van der Waals surface area contributed by atoms with Crippen molar-refractivity contribution in [3.05, 3.63) is 16.4 Å². The number of halogens is 1. The van der Waals surface area contributed by atoms with E-state index in [0.29, 0.717) is 0 Å². The van der Waals surface area contributed by atoms with Crippen LogP contribution in [-0.2, 0) is 20.0 Å². The van der Waals surface area contributed by atoms with E-state index in [1.165, 1.54) is 0 Å². The fraction of sp³-hybridized carbons (Fsp3) is 0.769. The van der Waals surface area contributed by atoms with Crippen molar-refractivity contribution in [2.75, 3.05) is 39.3 Å². The minimum absolute atomic E-state index is 0.243. The van der Waals surface area contributed by atoms with Crippen LogP contribution in [0.25, 0.3) is 0 Å².